The number of amides is 1. The van der Waals surface area contributed by atoms with Crippen molar-refractivity contribution in [3.05, 3.63) is 76.7 Å². The van der Waals surface area contributed by atoms with Crippen LogP contribution in [-0.2, 0) is 6.42 Å². The van der Waals surface area contributed by atoms with E-state index in [1.165, 1.54) is 6.33 Å². The van der Waals surface area contributed by atoms with Gasteiger partial charge in [0.15, 0.2) is 0 Å². The average molecular weight is 393 g/mol. The van der Waals surface area contributed by atoms with Crippen molar-refractivity contribution < 1.29 is 4.79 Å². The first-order valence-electron chi connectivity index (χ1n) is 9.53. The van der Waals surface area contributed by atoms with E-state index in [4.69, 9.17) is 0 Å². The summed E-state index contributed by atoms with van der Waals surface area (Å²) < 4.78 is 0. The van der Waals surface area contributed by atoms with E-state index >= 15 is 0 Å². The highest BCUT2D eigenvalue weighted by atomic mass is 16.2. The Morgan fingerprint density at radius 3 is 2.80 bits per heavy atom. The molecule has 146 valence electrons. The van der Waals surface area contributed by atoms with E-state index in [2.05, 4.69) is 33.2 Å². The fraction of sp³-hybridized carbons (Fsp3) is 0.167. The SMILES string of the molecule is CC#CCN1C(=O)c2ccccc2Cc2cc(Nc3ncnc(C#N)c3C)ccc21. The van der Waals surface area contributed by atoms with Gasteiger partial charge in [-0.05, 0) is 49.2 Å². The Labute approximate surface area is 175 Å². The number of carbonyl (C=O) groups excluding carboxylic acids is 1. The van der Waals surface area contributed by atoms with Crippen molar-refractivity contribution in [3.8, 4) is 17.9 Å². The second-order valence-corrected chi connectivity index (χ2v) is 6.93. The molecule has 0 unspecified atom stereocenters. The van der Waals surface area contributed by atoms with Crippen LogP contribution in [0.25, 0.3) is 0 Å². The highest BCUT2D eigenvalue weighted by molar-refractivity contribution is 6.09. The zero-order valence-corrected chi connectivity index (χ0v) is 16.7. The van der Waals surface area contributed by atoms with Crippen molar-refractivity contribution in [1.82, 2.24) is 9.97 Å². The fourth-order valence-electron chi connectivity index (χ4n) is 3.55. The molecule has 2 heterocycles. The summed E-state index contributed by atoms with van der Waals surface area (Å²) in [4.78, 5) is 23.2. The second-order valence-electron chi connectivity index (χ2n) is 6.93. The van der Waals surface area contributed by atoms with Crippen molar-refractivity contribution in [1.29, 1.82) is 5.26 Å². The number of hydrogen-bond acceptors (Lipinski definition) is 5. The summed E-state index contributed by atoms with van der Waals surface area (Å²) in [5, 5.41) is 12.5. The number of fused-ring (bicyclic) bond motifs is 2. The van der Waals surface area contributed by atoms with Crippen LogP contribution in [0.5, 0.6) is 0 Å². The molecular weight excluding hydrogens is 374 g/mol. The summed E-state index contributed by atoms with van der Waals surface area (Å²) >= 11 is 0. The largest absolute Gasteiger partial charge is 0.340 e. The summed E-state index contributed by atoms with van der Waals surface area (Å²) in [5.41, 5.74) is 5.41. The molecule has 0 spiro atoms. The van der Waals surface area contributed by atoms with E-state index in [1.807, 2.05) is 49.4 Å². The highest BCUT2D eigenvalue weighted by Gasteiger charge is 2.26. The second kappa shape index (κ2) is 8.06. The van der Waals surface area contributed by atoms with Crippen LogP contribution in [0.2, 0.25) is 0 Å². The molecule has 6 heteroatoms. The zero-order chi connectivity index (χ0) is 21.1. The van der Waals surface area contributed by atoms with Crippen LogP contribution >= 0.6 is 0 Å². The third-order valence-electron chi connectivity index (χ3n) is 5.11. The van der Waals surface area contributed by atoms with Crippen LogP contribution in [0.4, 0.5) is 17.2 Å². The average Bonchev–Trinajstić information content (AvgIpc) is 2.87. The Hall–Kier alpha value is -4.16. The van der Waals surface area contributed by atoms with Gasteiger partial charge in [-0.2, -0.15) is 5.26 Å². The van der Waals surface area contributed by atoms with Gasteiger partial charge in [0.25, 0.3) is 5.91 Å². The molecule has 1 N–H and O–H groups in total. The van der Waals surface area contributed by atoms with Crippen LogP contribution in [-0.4, -0.2) is 22.4 Å². The topological polar surface area (TPSA) is 81.9 Å². The molecule has 30 heavy (non-hydrogen) atoms. The molecule has 0 radical (unpaired) electrons. The van der Waals surface area contributed by atoms with Crippen LogP contribution in [0.3, 0.4) is 0 Å². The molecule has 0 saturated carbocycles. The monoisotopic (exact) mass is 393 g/mol. The van der Waals surface area contributed by atoms with Gasteiger partial charge in [-0.1, -0.05) is 24.1 Å². The lowest BCUT2D eigenvalue weighted by atomic mass is 10.00. The summed E-state index contributed by atoms with van der Waals surface area (Å²) in [6.45, 7) is 3.91. The lowest BCUT2D eigenvalue weighted by molar-refractivity contribution is 0.0990. The number of benzene rings is 2. The lowest BCUT2D eigenvalue weighted by Gasteiger charge is -2.21. The van der Waals surface area contributed by atoms with E-state index in [-0.39, 0.29) is 5.91 Å². The molecule has 3 aromatic rings. The Morgan fingerprint density at radius 2 is 2.00 bits per heavy atom. The molecule has 1 aliphatic heterocycles. The van der Waals surface area contributed by atoms with Gasteiger partial charge in [0, 0.05) is 28.9 Å². The van der Waals surface area contributed by atoms with Gasteiger partial charge in [0.2, 0.25) is 0 Å². The fourth-order valence-corrected chi connectivity index (χ4v) is 3.55. The standard InChI is InChI=1S/C24H19N5O/c1-3-4-11-29-22-10-9-19(28-23-16(2)21(14-25)26-15-27-23)13-18(22)12-17-7-5-6-8-20(17)24(29)30/h5-10,13,15H,11-12H2,1-2H3,(H,26,27,28). The first-order chi connectivity index (χ1) is 14.6. The number of nitrogens with zero attached hydrogens (tertiary/aromatic N) is 4. The molecular formula is C24H19N5O. The maximum atomic E-state index is 13.2. The van der Waals surface area contributed by atoms with Crippen LogP contribution in [0.1, 0.15) is 39.7 Å². The Morgan fingerprint density at radius 1 is 1.17 bits per heavy atom. The molecule has 0 bridgehead atoms. The van der Waals surface area contributed by atoms with E-state index in [1.54, 1.807) is 11.8 Å². The number of aromatic nitrogens is 2. The third-order valence-corrected chi connectivity index (χ3v) is 5.11. The van der Waals surface area contributed by atoms with Gasteiger partial charge in [0.05, 0.1) is 6.54 Å². The smallest absolute Gasteiger partial charge is 0.259 e. The molecule has 1 aliphatic rings. The Balaban J connectivity index is 1.77. The number of nitriles is 1. The first-order valence-corrected chi connectivity index (χ1v) is 9.53. The van der Waals surface area contributed by atoms with E-state index in [0.717, 1.165) is 22.5 Å². The van der Waals surface area contributed by atoms with Gasteiger partial charge < -0.3 is 5.32 Å². The van der Waals surface area contributed by atoms with E-state index < -0.39 is 0 Å². The molecule has 0 fully saturated rings. The van der Waals surface area contributed by atoms with Gasteiger partial charge in [0.1, 0.15) is 23.9 Å². The molecule has 0 aliphatic carbocycles. The van der Waals surface area contributed by atoms with Crippen molar-refractivity contribution in [2.45, 2.75) is 20.3 Å². The number of nitrogens with one attached hydrogen (secondary N) is 1. The third kappa shape index (κ3) is 3.47. The maximum Gasteiger partial charge on any atom is 0.259 e. The molecule has 6 nitrogen and oxygen atoms in total. The van der Waals surface area contributed by atoms with Crippen LogP contribution in [0, 0.1) is 30.1 Å². The maximum absolute atomic E-state index is 13.2. The summed E-state index contributed by atoms with van der Waals surface area (Å²) in [6.07, 6.45) is 2.01. The van der Waals surface area contributed by atoms with Crippen molar-refractivity contribution in [3.63, 3.8) is 0 Å². The summed E-state index contributed by atoms with van der Waals surface area (Å²) in [5.74, 6) is 6.43. The number of carbonyl (C=O) groups is 1. The predicted octanol–water partition coefficient (Wildman–Crippen LogP) is 3.97. The lowest BCUT2D eigenvalue weighted by Crippen LogP contribution is -2.31. The minimum Gasteiger partial charge on any atom is -0.340 e. The number of rotatable bonds is 3. The molecule has 1 aromatic heterocycles. The van der Waals surface area contributed by atoms with Crippen LogP contribution < -0.4 is 10.2 Å². The van der Waals surface area contributed by atoms with E-state index in [9.17, 15) is 10.1 Å². The molecule has 2 aromatic carbocycles. The first kappa shape index (κ1) is 19.2. The van der Waals surface area contributed by atoms with Crippen molar-refractivity contribution in [2.24, 2.45) is 0 Å². The van der Waals surface area contributed by atoms with Gasteiger partial charge in [-0.25, -0.2) is 9.97 Å². The van der Waals surface area contributed by atoms with E-state index in [0.29, 0.717) is 35.6 Å². The van der Waals surface area contributed by atoms with Gasteiger partial charge >= 0.3 is 0 Å². The highest BCUT2D eigenvalue weighted by Crippen LogP contribution is 2.33. The summed E-state index contributed by atoms with van der Waals surface area (Å²) in [6, 6.07) is 15.6. The number of anilines is 3. The Bertz CT molecular complexity index is 1250. The molecule has 1 amide bonds. The van der Waals surface area contributed by atoms with Gasteiger partial charge in [-0.15, -0.1) is 5.92 Å². The Kier molecular flexibility index (Phi) is 5.15. The van der Waals surface area contributed by atoms with Crippen molar-refractivity contribution in [2.75, 3.05) is 16.8 Å². The molecule has 4 rings (SSSR count). The van der Waals surface area contributed by atoms with Gasteiger partial charge in [-0.3, -0.25) is 9.69 Å². The normalized spacial score (nSPS) is 12.0. The minimum atomic E-state index is -0.0434. The number of hydrogen-bond donors (Lipinski definition) is 1. The predicted molar refractivity (Wildman–Crippen MR) is 116 cm³/mol. The van der Waals surface area contributed by atoms with Crippen molar-refractivity contribution >= 4 is 23.1 Å². The zero-order valence-electron chi connectivity index (χ0n) is 16.7. The molecule has 0 atom stereocenters. The summed E-state index contributed by atoms with van der Waals surface area (Å²) in [7, 11) is 0. The van der Waals surface area contributed by atoms with Crippen LogP contribution in [0.15, 0.2) is 48.8 Å². The quantitative estimate of drug-likeness (QED) is 0.681. The molecule has 0 saturated heterocycles. The minimum absolute atomic E-state index is 0.0434.